The third-order valence-corrected chi connectivity index (χ3v) is 3.59. The standard InChI is InChI=1S/C13H23F3N2O2/c1-9(7-20-8-13(14,15)16)18-11(19)10-5-3-4-6-12(10,2)17/h9-10H,3-8,17H2,1-2H3,(H,18,19). The maximum Gasteiger partial charge on any atom is 0.411 e. The van der Waals surface area contributed by atoms with E-state index >= 15 is 0 Å². The Morgan fingerprint density at radius 1 is 1.50 bits per heavy atom. The minimum Gasteiger partial charge on any atom is -0.370 e. The van der Waals surface area contributed by atoms with Gasteiger partial charge in [-0.25, -0.2) is 0 Å². The van der Waals surface area contributed by atoms with Gasteiger partial charge in [0.25, 0.3) is 0 Å². The molecular formula is C13H23F3N2O2. The number of carbonyl (C=O) groups excluding carboxylic acids is 1. The molecule has 3 atom stereocenters. The summed E-state index contributed by atoms with van der Waals surface area (Å²) in [6.07, 6.45) is -0.896. The summed E-state index contributed by atoms with van der Waals surface area (Å²) in [5.41, 5.74) is 5.57. The fourth-order valence-electron chi connectivity index (χ4n) is 2.53. The molecule has 0 spiro atoms. The van der Waals surface area contributed by atoms with Crippen molar-refractivity contribution in [3.05, 3.63) is 0 Å². The predicted octanol–water partition coefficient (Wildman–Crippen LogP) is 1.98. The Morgan fingerprint density at radius 2 is 2.15 bits per heavy atom. The zero-order valence-electron chi connectivity index (χ0n) is 11.9. The van der Waals surface area contributed by atoms with Crippen LogP contribution in [0.1, 0.15) is 39.5 Å². The first-order valence-corrected chi connectivity index (χ1v) is 6.85. The maximum absolute atomic E-state index is 12.1. The van der Waals surface area contributed by atoms with Crippen LogP contribution in [0, 0.1) is 5.92 Å². The summed E-state index contributed by atoms with van der Waals surface area (Å²) >= 11 is 0. The lowest BCUT2D eigenvalue weighted by Gasteiger charge is -2.37. The molecule has 1 aliphatic carbocycles. The largest absolute Gasteiger partial charge is 0.411 e. The third-order valence-electron chi connectivity index (χ3n) is 3.59. The molecule has 7 heteroatoms. The van der Waals surface area contributed by atoms with E-state index < -0.39 is 24.4 Å². The van der Waals surface area contributed by atoms with Crippen LogP contribution in [-0.2, 0) is 9.53 Å². The average Bonchev–Trinajstić information content (AvgIpc) is 2.26. The van der Waals surface area contributed by atoms with Gasteiger partial charge < -0.3 is 15.8 Å². The molecule has 0 aromatic carbocycles. The van der Waals surface area contributed by atoms with Crippen molar-refractivity contribution in [2.45, 2.75) is 57.3 Å². The SMILES string of the molecule is CC(COCC(F)(F)F)NC(=O)C1CCCCC1(C)N. The highest BCUT2D eigenvalue weighted by molar-refractivity contribution is 5.80. The zero-order chi connectivity index (χ0) is 15.4. The van der Waals surface area contributed by atoms with Gasteiger partial charge in [-0.05, 0) is 26.7 Å². The fraction of sp³-hybridized carbons (Fsp3) is 0.923. The van der Waals surface area contributed by atoms with Crippen LogP contribution in [0.2, 0.25) is 0 Å². The molecule has 1 amide bonds. The van der Waals surface area contributed by atoms with E-state index in [1.165, 1.54) is 0 Å². The van der Waals surface area contributed by atoms with Crippen molar-refractivity contribution in [2.75, 3.05) is 13.2 Å². The second-order valence-corrected chi connectivity index (χ2v) is 5.84. The normalized spacial score (nSPS) is 29.0. The molecule has 0 radical (unpaired) electrons. The van der Waals surface area contributed by atoms with Crippen molar-refractivity contribution >= 4 is 5.91 Å². The van der Waals surface area contributed by atoms with Gasteiger partial charge in [-0.2, -0.15) is 13.2 Å². The fourth-order valence-corrected chi connectivity index (χ4v) is 2.53. The lowest BCUT2D eigenvalue weighted by molar-refractivity contribution is -0.175. The molecule has 3 unspecified atom stereocenters. The second kappa shape index (κ2) is 6.76. The van der Waals surface area contributed by atoms with E-state index in [2.05, 4.69) is 10.1 Å². The number of ether oxygens (including phenoxy) is 1. The Morgan fingerprint density at radius 3 is 2.70 bits per heavy atom. The Balaban J connectivity index is 2.37. The van der Waals surface area contributed by atoms with Gasteiger partial charge in [-0.1, -0.05) is 12.8 Å². The second-order valence-electron chi connectivity index (χ2n) is 5.84. The Hall–Kier alpha value is -0.820. The first-order valence-electron chi connectivity index (χ1n) is 6.85. The molecule has 0 aromatic rings. The van der Waals surface area contributed by atoms with E-state index in [0.717, 1.165) is 25.7 Å². The first kappa shape index (κ1) is 17.2. The van der Waals surface area contributed by atoms with Crippen molar-refractivity contribution in [1.29, 1.82) is 0 Å². The summed E-state index contributed by atoms with van der Waals surface area (Å²) in [6, 6.07) is -0.470. The Kier molecular flexibility index (Phi) is 5.82. The van der Waals surface area contributed by atoms with E-state index in [9.17, 15) is 18.0 Å². The molecule has 20 heavy (non-hydrogen) atoms. The molecule has 1 fully saturated rings. The molecule has 0 bridgehead atoms. The molecule has 118 valence electrons. The number of nitrogens with two attached hydrogens (primary N) is 1. The summed E-state index contributed by atoms with van der Waals surface area (Å²) in [5, 5.41) is 2.68. The Labute approximate surface area is 117 Å². The van der Waals surface area contributed by atoms with E-state index in [1.807, 2.05) is 6.92 Å². The van der Waals surface area contributed by atoms with Crippen molar-refractivity contribution in [2.24, 2.45) is 11.7 Å². The number of hydrogen-bond donors (Lipinski definition) is 2. The number of amides is 1. The van der Waals surface area contributed by atoms with E-state index in [1.54, 1.807) is 6.92 Å². The quantitative estimate of drug-likeness (QED) is 0.815. The molecule has 0 aliphatic heterocycles. The van der Waals surface area contributed by atoms with Gasteiger partial charge in [0.2, 0.25) is 5.91 Å². The average molecular weight is 296 g/mol. The smallest absolute Gasteiger partial charge is 0.370 e. The molecule has 3 N–H and O–H groups in total. The van der Waals surface area contributed by atoms with Crippen LogP contribution in [0.3, 0.4) is 0 Å². The zero-order valence-corrected chi connectivity index (χ0v) is 11.9. The number of alkyl halides is 3. The lowest BCUT2D eigenvalue weighted by Crippen LogP contribution is -2.54. The topological polar surface area (TPSA) is 64.3 Å². The van der Waals surface area contributed by atoms with Gasteiger partial charge in [0, 0.05) is 11.6 Å². The summed E-state index contributed by atoms with van der Waals surface area (Å²) < 4.78 is 40.3. The number of rotatable bonds is 5. The first-order chi connectivity index (χ1) is 9.12. The number of carbonyl (C=O) groups is 1. The van der Waals surface area contributed by atoms with Gasteiger partial charge >= 0.3 is 6.18 Å². The van der Waals surface area contributed by atoms with Gasteiger partial charge in [0.05, 0.1) is 12.5 Å². The van der Waals surface area contributed by atoms with Gasteiger partial charge in [0.15, 0.2) is 0 Å². The highest BCUT2D eigenvalue weighted by Crippen LogP contribution is 2.31. The van der Waals surface area contributed by atoms with Crippen LogP contribution in [-0.4, -0.2) is 36.9 Å². The highest BCUT2D eigenvalue weighted by atomic mass is 19.4. The van der Waals surface area contributed by atoms with E-state index in [-0.39, 0.29) is 18.4 Å². The summed E-state index contributed by atoms with van der Waals surface area (Å²) in [7, 11) is 0. The molecule has 0 heterocycles. The molecular weight excluding hydrogens is 273 g/mol. The van der Waals surface area contributed by atoms with Crippen LogP contribution in [0.5, 0.6) is 0 Å². The lowest BCUT2D eigenvalue weighted by atomic mass is 9.74. The summed E-state index contributed by atoms with van der Waals surface area (Å²) in [6.45, 7) is 2.00. The minimum absolute atomic E-state index is 0.167. The maximum atomic E-state index is 12.1. The van der Waals surface area contributed by atoms with Crippen molar-refractivity contribution in [1.82, 2.24) is 5.32 Å². The van der Waals surface area contributed by atoms with Crippen LogP contribution < -0.4 is 11.1 Å². The molecule has 1 rings (SSSR count). The van der Waals surface area contributed by atoms with Crippen molar-refractivity contribution in [3.63, 3.8) is 0 Å². The molecule has 1 saturated carbocycles. The predicted molar refractivity (Wildman–Crippen MR) is 69.0 cm³/mol. The van der Waals surface area contributed by atoms with Crippen LogP contribution >= 0.6 is 0 Å². The molecule has 4 nitrogen and oxygen atoms in total. The summed E-state index contributed by atoms with van der Waals surface area (Å²) in [4.78, 5) is 12.1. The number of hydrogen-bond acceptors (Lipinski definition) is 3. The minimum atomic E-state index is -4.34. The van der Waals surface area contributed by atoms with Crippen LogP contribution in [0.25, 0.3) is 0 Å². The highest BCUT2D eigenvalue weighted by Gasteiger charge is 2.38. The van der Waals surface area contributed by atoms with Crippen molar-refractivity contribution < 1.29 is 22.7 Å². The molecule has 1 aliphatic rings. The van der Waals surface area contributed by atoms with E-state index in [0.29, 0.717) is 0 Å². The summed E-state index contributed by atoms with van der Waals surface area (Å²) in [5.74, 6) is -0.487. The number of halogens is 3. The third kappa shape index (κ3) is 5.66. The number of nitrogens with one attached hydrogen (secondary N) is 1. The van der Waals surface area contributed by atoms with Gasteiger partial charge in [-0.3, -0.25) is 4.79 Å². The van der Waals surface area contributed by atoms with E-state index in [4.69, 9.17) is 5.73 Å². The Bertz CT molecular complexity index is 332. The molecule has 0 aromatic heterocycles. The van der Waals surface area contributed by atoms with Gasteiger partial charge in [0.1, 0.15) is 6.61 Å². The van der Waals surface area contributed by atoms with Crippen LogP contribution in [0.4, 0.5) is 13.2 Å². The monoisotopic (exact) mass is 296 g/mol. The van der Waals surface area contributed by atoms with Crippen molar-refractivity contribution in [3.8, 4) is 0 Å². The van der Waals surface area contributed by atoms with Crippen LogP contribution in [0.15, 0.2) is 0 Å². The van der Waals surface area contributed by atoms with Gasteiger partial charge in [-0.15, -0.1) is 0 Å². The molecule has 0 saturated heterocycles.